The van der Waals surface area contributed by atoms with Crippen molar-refractivity contribution in [3.63, 3.8) is 0 Å². The second kappa shape index (κ2) is 4.24. The fourth-order valence-corrected chi connectivity index (χ4v) is 0.900. The number of esters is 1. The highest BCUT2D eigenvalue weighted by Gasteiger charge is 2.25. The molecular weight excluding hydrogens is 180 g/mol. The van der Waals surface area contributed by atoms with Gasteiger partial charge in [0.1, 0.15) is 6.61 Å². The van der Waals surface area contributed by atoms with Crippen LogP contribution in [0.2, 0.25) is 0 Å². The second-order valence-electron chi connectivity index (χ2n) is 3.62. The second-order valence-corrected chi connectivity index (χ2v) is 3.62. The normalized spacial score (nSPS) is 11.1. The predicted molar refractivity (Wildman–Crippen MR) is 52.5 cm³/mol. The van der Waals surface area contributed by atoms with Crippen LogP contribution in [0.1, 0.15) is 19.4 Å². The minimum Gasteiger partial charge on any atom is -0.459 e. The van der Waals surface area contributed by atoms with Crippen molar-refractivity contribution in [2.24, 2.45) is 0 Å². The molecule has 0 saturated heterocycles. The largest absolute Gasteiger partial charge is 0.459 e. The zero-order valence-electron chi connectivity index (χ0n) is 8.36. The number of rotatable bonds is 3. The number of aliphatic hydroxyl groups is 1. The molecule has 0 radical (unpaired) electrons. The molecule has 0 aliphatic heterocycles. The van der Waals surface area contributed by atoms with Crippen molar-refractivity contribution in [3.8, 4) is 0 Å². The standard InChI is InChI=1S/C11H14O3/c1-11(2,13)10(12)14-8-9-6-4-3-5-7-9/h3-7,13H,8H2,1-2H3. The summed E-state index contributed by atoms with van der Waals surface area (Å²) in [6.07, 6.45) is 0. The first kappa shape index (κ1) is 10.7. The zero-order valence-corrected chi connectivity index (χ0v) is 8.36. The fourth-order valence-electron chi connectivity index (χ4n) is 0.900. The molecule has 0 atom stereocenters. The highest BCUT2D eigenvalue weighted by Crippen LogP contribution is 2.07. The Morgan fingerprint density at radius 1 is 1.36 bits per heavy atom. The topological polar surface area (TPSA) is 46.5 Å². The number of hydrogen-bond acceptors (Lipinski definition) is 3. The molecule has 0 aliphatic rings. The van der Waals surface area contributed by atoms with Crippen molar-refractivity contribution in [1.29, 1.82) is 0 Å². The van der Waals surface area contributed by atoms with Crippen LogP contribution >= 0.6 is 0 Å². The van der Waals surface area contributed by atoms with Crippen molar-refractivity contribution in [2.75, 3.05) is 0 Å². The maximum absolute atomic E-state index is 11.2. The first-order chi connectivity index (χ1) is 6.50. The molecule has 1 aromatic rings. The van der Waals surface area contributed by atoms with Crippen molar-refractivity contribution in [2.45, 2.75) is 26.1 Å². The van der Waals surface area contributed by atoms with Gasteiger partial charge in [-0.25, -0.2) is 4.79 Å². The molecule has 0 bridgehead atoms. The van der Waals surface area contributed by atoms with Gasteiger partial charge in [0.2, 0.25) is 0 Å². The predicted octanol–water partition coefficient (Wildman–Crippen LogP) is 1.50. The van der Waals surface area contributed by atoms with E-state index in [0.29, 0.717) is 0 Å². The van der Waals surface area contributed by atoms with Crippen molar-refractivity contribution >= 4 is 5.97 Å². The summed E-state index contributed by atoms with van der Waals surface area (Å²) in [5.74, 6) is -0.610. The number of carbonyl (C=O) groups is 1. The Hall–Kier alpha value is -1.35. The molecule has 1 rings (SSSR count). The Labute approximate surface area is 83.3 Å². The lowest BCUT2D eigenvalue weighted by molar-refractivity contribution is -0.163. The maximum Gasteiger partial charge on any atom is 0.337 e. The third-order valence-corrected chi connectivity index (χ3v) is 1.71. The molecule has 0 unspecified atom stereocenters. The Morgan fingerprint density at radius 3 is 2.43 bits per heavy atom. The van der Waals surface area contributed by atoms with Crippen molar-refractivity contribution in [3.05, 3.63) is 35.9 Å². The smallest absolute Gasteiger partial charge is 0.337 e. The quantitative estimate of drug-likeness (QED) is 0.742. The van der Waals surface area contributed by atoms with E-state index in [1.807, 2.05) is 30.3 Å². The number of ether oxygens (including phenoxy) is 1. The van der Waals surface area contributed by atoms with E-state index in [1.54, 1.807) is 0 Å². The molecule has 0 amide bonds. The van der Waals surface area contributed by atoms with Gasteiger partial charge in [0.15, 0.2) is 5.60 Å². The van der Waals surface area contributed by atoms with Crippen LogP contribution in [0.4, 0.5) is 0 Å². The van der Waals surface area contributed by atoms with Gasteiger partial charge >= 0.3 is 5.97 Å². The van der Waals surface area contributed by atoms with Crippen LogP contribution in [0, 0.1) is 0 Å². The summed E-state index contributed by atoms with van der Waals surface area (Å²) >= 11 is 0. The van der Waals surface area contributed by atoms with Gasteiger partial charge < -0.3 is 9.84 Å². The molecule has 1 N–H and O–H groups in total. The molecule has 0 spiro atoms. The highest BCUT2D eigenvalue weighted by atomic mass is 16.5. The summed E-state index contributed by atoms with van der Waals surface area (Å²) in [7, 11) is 0. The number of hydrogen-bond donors (Lipinski definition) is 1. The van der Waals surface area contributed by atoms with E-state index in [1.165, 1.54) is 13.8 Å². The van der Waals surface area contributed by atoms with Gasteiger partial charge in [0.05, 0.1) is 0 Å². The van der Waals surface area contributed by atoms with Crippen LogP contribution in [0.25, 0.3) is 0 Å². The summed E-state index contributed by atoms with van der Waals surface area (Å²) in [5.41, 5.74) is -0.514. The van der Waals surface area contributed by atoms with E-state index in [2.05, 4.69) is 0 Å². The third-order valence-electron chi connectivity index (χ3n) is 1.71. The summed E-state index contributed by atoms with van der Waals surface area (Å²) in [4.78, 5) is 11.2. The third kappa shape index (κ3) is 3.18. The van der Waals surface area contributed by atoms with E-state index in [9.17, 15) is 9.90 Å². The number of carbonyl (C=O) groups excluding carboxylic acids is 1. The van der Waals surface area contributed by atoms with E-state index < -0.39 is 11.6 Å². The Kier molecular flexibility index (Phi) is 3.25. The first-order valence-electron chi connectivity index (χ1n) is 4.43. The van der Waals surface area contributed by atoms with Gasteiger partial charge in [-0.15, -0.1) is 0 Å². The van der Waals surface area contributed by atoms with Gasteiger partial charge in [-0.2, -0.15) is 0 Å². The average Bonchev–Trinajstić information content (AvgIpc) is 2.14. The summed E-state index contributed by atoms with van der Waals surface area (Å²) in [5, 5.41) is 9.29. The minimum atomic E-state index is -1.42. The fraction of sp³-hybridized carbons (Fsp3) is 0.364. The van der Waals surface area contributed by atoms with E-state index in [4.69, 9.17) is 4.74 Å². The van der Waals surface area contributed by atoms with Gasteiger partial charge in [-0.3, -0.25) is 0 Å². The molecule has 0 saturated carbocycles. The maximum atomic E-state index is 11.2. The van der Waals surface area contributed by atoms with Crippen LogP contribution in [-0.4, -0.2) is 16.7 Å². The number of benzene rings is 1. The molecule has 3 heteroatoms. The zero-order chi connectivity index (χ0) is 10.6. The monoisotopic (exact) mass is 194 g/mol. The van der Waals surface area contributed by atoms with Crippen molar-refractivity contribution < 1.29 is 14.6 Å². The molecule has 14 heavy (non-hydrogen) atoms. The molecule has 1 aromatic carbocycles. The van der Waals surface area contributed by atoms with Gasteiger partial charge in [0.25, 0.3) is 0 Å². The summed E-state index contributed by atoms with van der Waals surface area (Å²) < 4.78 is 4.90. The molecule has 76 valence electrons. The Morgan fingerprint density at radius 2 is 1.93 bits per heavy atom. The van der Waals surface area contributed by atoms with Crippen molar-refractivity contribution in [1.82, 2.24) is 0 Å². The molecular formula is C11H14O3. The highest BCUT2D eigenvalue weighted by molar-refractivity contribution is 5.78. The molecule has 3 nitrogen and oxygen atoms in total. The summed E-state index contributed by atoms with van der Waals surface area (Å²) in [6.45, 7) is 3.00. The first-order valence-corrected chi connectivity index (χ1v) is 4.43. The van der Waals surface area contributed by atoms with Gasteiger partial charge in [-0.05, 0) is 19.4 Å². The molecule has 0 aromatic heterocycles. The van der Waals surface area contributed by atoms with Crippen LogP contribution in [-0.2, 0) is 16.1 Å². The van der Waals surface area contributed by atoms with Crippen LogP contribution in [0.15, 0.2) is 30.3 Å². The lowest BCUT2D eigenvalue weighted by atomic mass is 10.1. The lowest BCUT2D eigenvalue weighted by Crippen LogP contribution is -2.32. The van der Waals surface area contributed by atoms with E-state index in [-0.39, 0.29) is 6.61 Å². The van der Waals surface area contributed by atoms with Gasteiger partial charge in [-0.1, -0.05) is 30.3 Å². The van der Waals surface area contributed by atoms with Crippen LogP contribution in [0.5, 0.6) is 0 Å². The van der Waals surface area contributed by atoms with Crippen LogP contribution in [0.3, 0.4) is 0 Å². The molecule has 0 fully saturated rings. The lowest BCUT2D eigenvalue weighted by Gasteiger charge is -2.15. The minimum absolute atomic E-state index is 0.198. The Balaban J connectivity index is 2.46. The SMILES string of the molecule is CC(C)(O)C(=O)OCc1ccccc1. The average molecular weight is 194 g/mol. The molecule has 0 aliphatic carbocycles. The van der Waals surface area contributed by atoms with E-state index in [0.717, 1.165) is 5.56 Å². The summed E-state index contributed by atoms with van der Waals surface area (Å²) in [6, 6.07) is 9.34. The molecule has 0 heterocycles. The van der Waals surface area contributed by atoms with E-state index >= 15 is 0 Å². The van der Waals surface area contributed by atoms with Gasteiger partial charge in [0, 0.05) is 0 Å². The van der Waals surface area contributed by atoms with Crippen LogP contribution < -0.4 is 0 Å². The Bertz CT molecular complexity index is 298.